The topological polar surface area (TPSA) is 95.5 Å². The van der Waals surface area contributed by atoms with Crippen LogP contribution in [0.15, 0.2) is 41.3 Å². The molecule has 0 aliphatic carbocycles. The Morgan fingerprint density at radius 1 is 1.24 bits per heavy atom. The lowest BCUT2D eigenvalue weighted by Gasteiger charge is -2.12. The number of sulfonamides is 1. The molecule has 0 amide bonds. The van der Waals surface area contributed by atoms with Gasteiger partial charge in [0.2, 0.25) is 10.0 Å². The fraction of sp³-hybridized carbons (Fsp3) is 0.235. The summed E-state index contributed by atoms with van der Waals surface area (Å²) < 4.78 is 45.7. The zero-order chi connectivity index (χ0) is 18.6. The second-order valence-electron chi connectivity index (χ2n) is 5.38. The lowest BCUT2D eigenvalue weighted by atomic mass is 10.1. The Morgan fingerprint density at radius 3 is 2.64 bits per heavy atom. The molecule has 2 rings (SSSR count). The summed E-state index contributed by atoms with van der Waals surface area (Å²) in [5, 5.41) is 10.8. The molecule has 0 spiro atoms. The average molecular weight is 366 g/mol. The SMILES string of the molecule is Cc1cccc(OCCNS(=O)(=O)c2cc(C(=O)[O-])ccc2F)c1C. The molecule has 0 fully saturated rings. The van der Waals surface area contributed by atoms with Gasteiger partial charge in [0, 0.05) is 6.54 Å². The Hall–Kier alpha value is -2.45. The fourth-order valence-corrected chi connectivity index (χ4v) is 3.25. The van der Waals surface area contributed by atoms with Crippen LogP contribution in [0, 0.1) is 19.7 Å². The molecule has 134 valence electrons. The molecular weight excluding hydrogens is 349 g/mol. The number of aromatic carboxylic acids is 1. The molecule has 0 aliphatic heterocycles. The van der Waals surface area contributed by atoms with Crippen molar-refractivity contribution >= 4 is 16.0 Å². The zero-order valence-corrected chi connectivity index (χ0v) is 14.5. The number of ether oxygens (including phenoxy) is 1. The molecule has 0 radical (unpaired) electrons. The quantitative estimate of drug-likeness (QED) is 0.742. The average Bonchev–Trinajstić information content (AvgIpc) is 2.55. The number of aryl methyl sites for hydroxylation is 1. The van der Waals surface area contributed by atoms with Crippen LogP contribution >= 0.6 is 0 Å². The summed E-state index contributed by atoms with van der Waals surface area (Å²) in [7, 11) is -4.22. The summed E-state index contributed by atoms with van der Waals surface area (Å²) >= 11 is 0. The third-order valence-corrected chi connectivity index (χ3v) is 5.14. The Kier molecular flexibility index (Phi) is 5.76. The molecule has 2 aromatic rings. The molecule has 0 aromatic heterocycles. The van der Waals surface area contributed by atoms with Gasteiger partial charge in [0.05, 0.1) is 5.97 Å². The molecule has 0 saturated heterocycles. The van der Waals surface area contributed by atoms with Gasteiger partial charge in [-0.05, 0) is 48.7 Å². The first kappa shape index (κ1) is 18.9. The van der Waals surface area contributed by atoms with Crippen LogP contribution in [0.3, 0.4) is 0 Å². The van der Waals surface area contributed by atoms with E-state index >= 15 is 0 Å². The Bertz CT molecular complexity index is 896. The third kappa shape index (κ3) is 4.55. The lowest BCUT2D eigenvalue weighted by Crippen LogP contribution is -2.30. The molecule has 1 N–H and O–H groups in total. The minimum absolute atomic E-state index is 0.0331. The maximum Gasteiger partial charge on any atom is 0.243 e. The molecular formula is C17H17FNO5S-. The van der Waals surface area contributed by atoms with E-state index in [0.29, 0.717) is 5.75 Å². The highest BCUT2D eigenvalue weighted by Crippen LogP contribution is 2.20. The molecule has 6 nitrogen and oxygen atoms in total. The first-order valence-electron chi connectivity index (χ1n) is 7.42. The number of nitrogens with one attached hydrogen (secondary N) is 1. The maximum absolute atomic E-state index is 13.7. The van der Waals surface area contributed by atoms with Crippen molar-refractivity contribution in [1.29, 1.82) is 0 Å². The first-order valence-corrected chi connectivity index (χ1v) is 8.90. The van der Waals surface area contributed by atoms with Crippen LogP contribution in [0.25, 0.3) is 0 Å². The van der Waals surface area contributed by atoms with Crippen LogP contribution < -0.4 is 14.6 Å². The van der Waals surface area contributed by atoms with Gasteiger partial charge >= 0.3 is 0 Å². The van der Waals surface area contributed by atoms with Crippen LogP contribution in [-0.2, 0) is 10.0 Å². The van der Waals surface area contributed by atoms with Crippen LogP contribution in [0.4, 0.5) is 4.39 Å². The third-order valence-electron chi connectivity index (χ3n) is 3.66. The highest BCUT2D eigenvalue weighted by atomic mass is 32.2. The Balaban J connectivity index is 2.04. The predicted octanol–water partition coefficient (Wildman–Crippen LogP) is 1.16. The van der Waals surface area contributed by atoms with Gasteiger partial charge in [-0.3, -0.25) is 0 Å². The second-order valence-corrected chi connectivity index (χ2v) is 7.11. The molecule has 0 saturated carbocycles. The first-order chi connectivity index (χ1) is 11.7. The number of carboxylic acids is 1. The number of carbonyl (C=O) groups excluding carboxylic acids is 1. The lowest BCUT2D eigenvalue weighted by molar-refractivity contribution is -0.255. The van der Waals surface area contributed by atoms with Crippen molar-refractivity contribution < 1.29 is 27.4 Å². The predicted molar refractivity (Wildman–Crippen MR) is 87.3 cm³/mol. The van der Waals surface area contributed by atoms with Gasteiger partial charge in [-0.2, -0.15) is 0 Å². The molecule has 0 atom stereocenters. The van der Waals surface area contributed by atoms with E-state index in [1.807, 2.05) is 26.0 Å². The number of halogens is 1. The van der Waals surface area contributed by atoms with E-state index in [1.165, 1.54) is 0 Å². The molecule has 25 heavy (non-hydrogen) atoms. The smallest absolute Gasteiger partial charge is 0.243 e. The summed E-state index contributed by atoms with van der Waals surface area (Å²) in [6, 6.07) is 7.94. The van der Waals surface area contributed by atoms with Crippen molar-refractivity contribution in [2.75, 3.05) is 13.2 Å². The fourth-order valence-electron chi connectivity index (χ4n) is 2.13. The van der Waals surface area contributed by atoms with Crippen molar-refractivity contribution in [3.8, 4) is 5.75 Å². The van der Waals surface area contributed by atoms with E-state index < -0.39 is 32.3 Å². The summed E-state index contributed by atoms with van der Waals surface area (Å²) in [6.07, 6.45) is 0. The Labute approximate surface area is 145 Å². The number of rotatable bonds is 7. The second kappa shape index (κ2) is 7.62. The van der Waals surface area contributed by atoms with Crippen molar-refractivity contribution in [1.82, 2.24) is 4.72 Å². The van der Waals surface area contributed by atoms with Crippen LogP contribution in [0.1, 0.15) is 21.5 Å². The number of hydrogen-bond acceptors (Lipinski definition) is 5. The van der Waals surface area contributed by atoms with Crippen molar-refractivity contribution in [3.05, 3.63) is 58.9 Å². The van der Waals surface area contributed by atoms with E-state index in [-0.39, 0.29) is 13.2 Å². The van der Waals surface area contributed by atoms with Gasteiger partial charge in [0.15, 0.2) is 0 Å². The number of benzene rings is 2. The largest absolute Gasteiger partial charge is 0.545 e. The van der Waals surface area contributed by atoms with Crippen LogP contribution in [-0.4, -0.2) is 27.5 Å². The molecule has 8 heteroatoms. The number of hydrogen-bond donors (Lipinski definition) is 1. The van der Waals surface area contributed by atoms with Gasteiger partial charge in [-0.25, -0.2) is 17.5 Å². The van der Waals surface area contributed by atoms with E-state index in [4.69, 9.17) is 4.74 Å². The van der Waals surface area contributed by atoms with E-state index in [9.17, 15) is 22.7 Å². The minimum atomic E-state index is -4.22. The van der Waals surface area contributed by atoms with Crippen molar-refractivity contribution in [3.63, 3.8) is 0 Å². The summed E-state index contributed by atoms with van der Waals surface area (Å²) in [6.45, 7) is 3.74. The van der Waals surface area contributed by atoms with E-state index in [0.717, 1.165) is 29.3 Å². The zero-order valence-electron chi connectivity index (χ0n) is 13.7. The summed E-state index contributed by atoms with van der Waals surface area (Å²) in [5.74, 6) is -2.01. The van der Waals surface area contributed by atoms with Crippen molar-refractivity contribution in [2.45, 2.75) is 18.7 Å². The van der Waals surface area contributed by atoms with Crippen molar-refractivity contribution in [2.24, 2.45) is 0 Å². The molecule has 0 aliphatic rings. The highest BCUT2D eigenvalue weighted by molar-refractivity contribution is 7.89. The van der Waals surface area contributed by atoms with Gasteiger partial charge in [0.1, 0.15) is 23.1 Å². The summed E-state index contributed by atoms with van der Waals surface area (Å²) in [5.41, 5.74) is 1.56. The van der Waals surface area contributed by atoms with Gasteiger partial charge in [-0.15, -0.1) is 0 Å². The monoisotopic (exact) mass is 366 g/mol. The van der Waals surface area contributed by atoms with Crippen LogP contribution in [0.2, 0.25) is 0 Å². The molecule has 0 bridgehead atoms. The standard InChI is InChI=1S/C17H18FNO5S/c1-11-4-3-5-15(12(11)2)24-9-8-19-25(22,23)16-10-13(17(20)21)6-7-14(16)18/h3-7,10,19H,8-9H2,1-2H3,(H,20,21)/p-1. The highest BCUT2D eigenvalue weighted by Gasteiger charge is 2.19. The van der Waals surface area contributed by atoms with E-state index in [1.54, 1.807) is 6.07 Å². The van der Waals surface area contributed by atoms with Crippen LogP contribution in [0.5, 0.6) is 5.75 Å². The Morgan fingerprint density at radius 2 is 1.96 bits per heavy atom. The van der Waals surface area contributed by atoms with Gasteiger partial charge in [-0.1, -0.05) is 18.2 Å². The van der Waals surface area contributed by atoms with E-state index in [2.05, 4.69) is 4.72 Å². The number of carbonyl (C=O) groups is 1. The normalized spacial score (nSPS) is 11.3. The number of carboxylic acid groups (broad SMARTS) is 1. The van der Waals surface area contributed by atoms with Gasteiger partial charge < -0.3 is 14.6 Å². The molecule has 0 unspecified atom stereocenters. The minimum Gasteiger partial charge on any atom is -0.545 e. The molecule has 2 aromatic carbocycles. The van der Waals surface area contributed by atoms with Gasteiger partial charge in [0.25, 0.3) is 0 Å². The summed E-state index contributed by atoms with van der Waals surface area (Å²) in [4.78, 5) is 10.1. The molecule has 0 heterocycles. The maximum atomic E-state index is 13.7.